The number of ether oxygens (including phenoxy) is 1. The van der Waals surface area contributed by atoms with Gasteiger partial charge in [-0.25, -0.2) is 0 Å². The summed E-state index contributed by atoms with van der Waals surface area (Å²) in [5.41, 5.74) is 10.9. The lowest BCUT2D eigenvalue weighted by Crippen LogP contribution is -2.23. The van der Waals surface area contributed by atoms with E-state index in [1.165, 1.54) is 37.7 Å². The van der Waals surface area contributed by atoms with Crippen LogP contribution in [0.15, 0.2) is 24.4 Å². The normalized spacial score (nSPS) is 24.5. The van der Waals surface area contributed by atoms with E-state index < -0.39 is 0 Å². The molecule has 0 aromatic heterocycles. The average Bonchev–Trinajstić information content (AvgIpc) is 3.46. The molecule has 3 N–H and O–H groups in total. The third-order valence-electron chi connectivity index (χ3n) is 5.38. The maximum atomic E-state index is 6.25. The smallest absolute Gasteiger partial charge is 0.0753 e. The third-order valence-corrected chi connectivity index (χ3v) is 5.38. The monoisotopic (exact) mass is 322 g/mol. The molecular weight excluding hydrogens is 296 g/mol. The Morgan fingerprint density at radius 1 is 1.42 bits per heavy atom. The lowest BCUT2D eigenvalue weighted by Gasteiger charge is -2.11. The summed E-state index contributed by atoms with van der Waals surface area (Å²) >= 11 is 0. The van der Waals surface area contributed by atoms with E-state index in [1.54, 1.807) is 0 Å². The Bertz CT molecular complexity index is 717. The van der Waals surface area contributed by atoms with Gasteiger partial charge >= 0.3 is 0 Å². The number of rotatable bonds is 4. The van der Waals surface area contributed by atoms with Crippen LogP contribution in [0.3, 0.4) is 0 Å². The van der Waals surface area contributed by atoms with Gasteiger partial charge in [0.1, 0.15) is 0 Å². The first-order valence-corrected chi connectivity index (χ1v) is 9.07. The first-order chi connectivity index (χ1) is 11.6. The molecule has 1 aromatic carbocycles. The molecule has 0 radical (unpaired) electrons. The highest BCUT2D eigenvalue weighted by Crippen LogP contribution is 2.53. The molecule has 1 aliphatic heterocycles. The van der Waals surface area contributed by atoms with Crippen molar-refractivity contribution in [2.75, 3.05) is 13.2 Å². The largest absolute Gasteiger partial charge is 0.397 e. The molecule has 3 fully saturated rings. The van der Waals surface area contributed by atoms with Crippen LogP contribution in [0.25, 0.3) is 5.70 Å². The fraction of sp³-hybridized carbons (Fsp3) is 0.524. The number of benzene rings is 1. The van der Waals surface area contributed by atoms with E-state index in [2.05, 4.69) is 42.3 Å². The van der Waals surface area contributed by atoms with Gasteiger partial charge in [0.05, 0.1) is 18.4 Å². The number of hydrogen-bond acceptors (Lipinski definition) is 3. The molecule has 2 saturated carbocycles. The van der Waals surface area contributed by atoms with Crippen molar-refractivity contribution in [3.8, 4) is 11.8 Å². The zero-order valence-electron chi connectivity index (χ0n) is 14.4. The van der Waals surface area contributed by atoms with Gasteiger partial charge in [0.15, 0.2) is 0 Å². The van der Waals surface area contributed by atoms with E-state index in [9.17, 15) is 0 Å². The summed E-state index contributed by atoms with van der Waals surface area (Å²) in [7, 11) is 0. The van der Waals surface area contributed by atoms with E-state index in [1.807, 2.05) is 6.20 Å². The standard InChI is InChI=1S/C21H26N2O/c1-15-10-17(5-4-16-2-3-16)6-7-19(15)20(22)13-23-12-18-11-21(8-9-21)14-24-18/h6-7,10,13,16,18,23H,2-3,8-9,11-12,14,22H2,1H3/b20-13-. The number of nitrogens with one attached hydrogen (secondary N) is 1. The van der Waals surface area contributed by atoms with Crippen molar-refractivity contribution in [2.45, 2.75) is 45.1 Å². The molecule has 0 bridgehead atoms. The summed E-state index contributed by atoms with van der Waals surface area (Å²) in [6.07, 6.45) is 8.65. The van der Waals surface area contributed by atoms with Crippen LogP contribution in [0, 0.1) is 30.1 Å². The van der Waals surface area contributed by atoms with Crippen molar-refractivity contribution in [3.63, 3.8) is 0 Å². The van der Waals surface area contributed by atoms with Crippen molar-refractivity contribution in [2.24, 2.45) is 17.1 Å². The SMILES string of the molecule is Cc1cc(C#CC2CC2)ccc1/C(N)=C/NCC1CC2(CC2)CO1. The Morgan fingerprint density at radius 2 is 2.25 bits per heavy atom. The molecule has 3 heteroatoms. The molecule has 4 rings (SSSR count). The highest BCUT2D eigenvalue weighted by atomic mass is 16.5. The quantitative estimate of drug-likeness (QED) is 0.837. The molecule has 1 aromatic rings. The topological polar surface area (TPSA) is 47.3 Å². The van der Waals surface area contributed by atoms with E-state index in [-0.39, 0.29) is 0 Å². The molecule has 2 aliphatic carbocycles. The van der Waals surface area contributed by atoms with Crippen LogP contribution in [-0.4, -0.2) is 19.3 Å². The molecule has 1 atom stereocenters. The van der Waals surface area contributed by atoms with Crippen LogP contribution in [0.5, 0.6) is 0 Å². The van der Waals surface area contributed by atoms with E-state index in [0.29, 0.717) is 17.4 Å². The molecule has 3 aliphatic rings. The second kappa shape index (κ2) is 6.18. The summed E-state index contributed by atoms with van der Waals surface area (Å²) in [5.74, 6) is 7.20. The zero-order chi connectivity index (χ0) is 16.6. The summed E-state index contributed by atoms with van der Waals surface area (Å²) in [6.45, 7) is 3.88. The molecule has 1 spiro atoms. The molecule has 24 heavy (non-hydrogen) atoms. The molecule has 0 amide bonds. The minimum Gasteiger partial charge on any atom is -0.397 e. The van der Waals surface area contributed by atoms with E-state index >= 15 is 0 Å². The molecule has 1 unspecified atom stereocenters. The highest BCUT2D eigenvalue weighted by molar-refractivity contribution is 5.66. The van der Waals surface area contributed by atoms with Gasteiger partial charge in [0.25, 0.3) is 0 Å². The van der Waals surface area contributed by atoms with Crippen LogP contribution >= 0.6 is 0 Å². The van der Waals surface area contributed by atoms with Crippen molar-refractivity contribution in [1.82, 2.24) is 5.32 Å². The highest BCUT2D eigenvalue weighted by Gasteiger charge is 2.49. The van der Waals surface area contributed by atoms with Gasteiger partial charge in [0.2, 0.25) is 0 Å². The van der Waals surface area contributed by atoms with E-state index in [4.69, 9.17) is 10.5 Å². The molecule has 3 nitrogen and oxygen atoms in total. The fourth-order valence-electron chi connectivity index (χ4n) is 3.41. The van der Waals surface area contributed by atoms with Gasteiger partial charge in [-0.1, -0.05) is 17.9 Å². The van der Waals surface area contributed by atoms with Gasteiger partial charge < -0.3 is 15.8 Å². The molecule has 126 valence electrons. The first-order valence-electron chi connectivity index (χ1n) is 9.07. The van der Waals surface area contributed by atoms with Crippen LogP contribution in [-0.2, 0) is 4.74 Å². The van der Waals surface area contributed by atoms with Gasteiger partial charge in [-0.05, 0) is 62.1 Å². The Kier molecular flexibility index (Phi) is 4.02. The summed E-state index contributed by atoms with van der Waals surface area (Å²) in [6, 6.07) is 6.27. The van der Waals surface area contributed by atoms with Crippen LogP contribution in [0.1, 0.15) is 48.8 Å². The maximum absolute atomic E-state index is 6.25. The number of aryl methyl sites for hydroxylation is 1. The summed E-state index contributed by atoms with van der Waals surface area (Å²) < 4.78 is 5.86. The Labute approximate surface area is 144 Å². The van der Waals surface area contributed by atoms with Gasteiger partial charge in [-0.15, -0.1) is 0 Å². The van der Waals surface area contributed by atoms with E-state index in [0.717, 1.165) is 30.0 Å². The first kappa shape index (κ1) is 15.6. The maximum Gasteiger partial charge on any atom is 0.0753 e. The molecule has 1 saturated heterocycles. The van der Waals surface area contributed by atoms with Crippen molar-refractivity contribution in [3.05, 3.63) is 41.1 Å². The minimum absolute atomic E-state index is 0.331. The zero-order valence-corrected chi connectivity index (χ0v) is 14.4. The Morgan fingerprint density at radius 3 is 2.92 bits per heavy atom. The van der Waals surface area contributed by atoms with Crippen LogP contribution in [0.2, 0.25) is 0 Å². The lowest BCUT2D eigenvalue weighted by molar-refractivity contribution is 0.107. The molecular formula is C21H26N2O. The predicted molar refractivity (Wildman–Crippen MR) is 97.0 cm³/mol. The fourth-order valence-corrected chi connectivity index (χ4v) is 3.41. The second-order valence-corrected chi connectivity index (χ2v) is 7.72. The lowest BCUT2D eigenvalue weighted by atomic mass is 10.0. The Hall–Kier alpha value is -1.92. The van der Waals surface area contributed by atoms with Crippen molar-refractivity contribution in [1.29, 1.82) is 0 Å². The Balaban J connectivity index is 1.34. The third kappa shape index (κ3) is 3.60. The van der Waals surface area contributed by atoms with Gasteiger partial charge in [-0.3, -0.25) is 0 Å². The van der Waals surface area contributed by atoms with Crippen LogP contribution in [0.4, 0.5) is 0 Å². The minimum atomic E-state index is 0.331. The van der Waals surface area contributed by atoms with Crippen LogP contribution < -0.4 is 11.1 Å². The second-order valence-electron chi connectivity index (χ2n) is 7.72. The van der Waals surface area contributed by atoms with Gasteiger partial charge in [-0.2, -0.15) is 0 Å². The number of nitrogens with two attached hydrogens (primary N) is 1. The van der Waals surface area contributed by atoms with Crippen molar-refractivity contribution >= 4 is 5.70 Å². The summed E-state index contributed by atoms with van der Waals surface area (Å²) in [5, 5.41) is 3.34. The average molecular weight is 322 g/mol. The van der Waals surface area contributed by atoms with Crippen molar-refractivity contribution < 1.29 is 4.74 Å². The molecule has 1 heterocycles. The summed E-state index contributed by atoms with van der Waals surface area (Å²) in [4.78, 5) is 0. The number of hydrogen-bond donors (Lipinski definition) is 2. The van der Waals surface area contributed by atoms with Gasteiger partial charge in [0, 0.05) is 29.8 Å². The predicted octanol–water partition coefficient (Wildman–Crippen LogP) is 3.17.